The maximum absolute atomic E-state index is 10.3. The van der Waals surface area contributed by atoms with Gasteiger partial charge in [-0.25, -0.2) is 9.97 Å². The van der Waals surface area contributed by atoms with Crippen molar-refractivity contribution < 1.29 is 5.11 Å². The van der Waals surface area contributed by atoms with Crippen molar-refractivity contribution in [2.75, 3.05) is 24.5 Å². The van der Waals surface area contributed by atoms with E-state index in [0.717, 1.165) is 62.3 Å². The van der Waals surface area contributed by atoms with Crippen molar-refractivity contribution in [3.8, 4) is 0 Å². The molecule has 0 aromatic carbocycles. The smallest absolute Gasteiger partial charge is 0.141 e. The maximum Gasteiger partial charge on any atom is 0.141 e. The van der Waals surface area contributed by atoms with Gasteiger partial charge in [0.25, 0.3) is 0 Å². The summed E-state index contributed by atoms with van der Waals surface area (Å²) >= 11 is 1.82. The van der Waals surface area contributed by atoms with Crippen LogP contribution in [0.4, 0.5) is 5.82 Å². The van der Waals surface area contributed by atoms with Gasteiger partial charge in [-0.15, -0.1) is 17.9 Å². The van der Waals surface area contributed by atoms with E-state index in [4.69, 9.17) is 4.98 Å². The Labute approximate surface area is 204 Å². The number of nitrogens with zero attached hydrogens (tertiary/aromatic N) is 3. The second-order valence-electron chi connectivity index (χ2n) is 9.50. The van der Waals surface area contributed by atoms with Crippen LogP contribution in [0, 0.1) is 0 Å². The summed E-state index contributed by atoms with van der Waals surface area (Å²) in [6, 6.07) is 0.478. The fourth-order valence-corrected chi connectivity index (χ4v) is 6.06. The molecular formula is C27H44N4OS. The number of aliphatic hydroxyl groups excluding tert-OH is 1. The number of unbranched alkanes of at least 4 members (excludes halogenated alkanes) is 5. The van der Waals surface area contributed by atoms with Gasteiger partial charge in [-0.2, -0.15) is 0 Å². The molecule has 2 aromatic heterocycles. The Bertz CT molecular complexity index is 844. The standard InChI is InChI=1S/C27H44N4OS/c1-4-7-9-11-13-22(32)19-28-21-15-17-31(18-16-21)26-25-23(14-10-8-5-2)24(12-6-3)33-27(25)30-20-29-26/h6,20-22,28,32H,3-5,7-19H2,1-2H3. The van der Waals surface area contributed by atoms with Crippen LogP contribution in [0.2, 0.25) is 0 Å². The molecule has 0 bridgehead atoms. The van der Waals surface area contributed by atoms with E-state index >= 15 is 0 Å². The van der Waals surface area contributed by atoms with Crippen LogP contribution < -0.4 is 10.2 Å². The molecule has 2 aromatic rings. The normalized spacial score (nSPS) is 15.9. The summed E-state index contributed by atoms with van der Waals surface area (Å²) in [6.07, 6.45) is 17.2. The monoisotopic (exact) mass is 472 g/mol. The van der Waals surface area contributed by atoms with Crippen LogP contribution in [-0.4, -0.2) is 46.9 Å². The van der Waals surface area contributed by atoms with Crippen LogP contribution in [0.25, 0.3) is 10.2 Å². The Morgan fingerprint density at radius 3 is 2.64 bits per heavy atom. The molecule has 1 aliphatic rings. The lowest BCUT2D eigenvalue weighted by atomic mass is 10.0. The van der Waals surface area contributed by atoms with Gasteiger partial charge in [-0.05, 0) is 44.1 Å². The van der Waals surface area contributed by atoms with E-state index in [1.807, 2.05) is 17.4 Å². The number of aryl methyl sites for hydroxylation is 1. The van der Waals surface area contributed by atoms with E-state index in [1.54, 1.807) is 6.33 Å². The second-order valence-corrected chi connectivity index (χ2v) is 10.6. The van der Waals surface area contributed by atoms with Crippen LogP contribution in [0.15, 0.2) is 19.0 Å². The molecule has 1 aliphatic heterocycles. The molecule has 184 valence electrons. The summed E-state index contributed by atoms with van der Waals surface area (Å²) in [7, 11) is 0. The van der Waals surface area contributed by atoms with Gasteiger partial charge in [0.2, 0.25) is 0 Å². The zero-order valence-corrected chi connectivity index (χ0v) is 21.6. The summed E-state index contributed by atoms with van der Waals surface area (Å²) in [5, 5.41) is 15.2. The number of fused-ring (bicyclic) bond motifs is 1. The number of allylic oxidation sites excluding steroid dienone is 1. The number of hydrogen-bond donors (Lipinski definition) is 2. The average molecular weight is 473 g/mol. The number of rotatable bonds is 15. The lowest BCUT2D eigenvalue weighted by molar-refractivity contribution is 0.151. The minimum Gasteiger partial charge on any atom is -0.392 e. The third kappa shape index (κ3) is 7.49. The third-order valence-corrected chi connectivity index (χ3v) is 8.00. The highest BCUT2D eigenvalue weighted by Gasteiger charge is 2.24. The van der Waals surface area contributed by atoms with Crippen molar-refractivity contribution in [3.05, 3.63) is 29.4 Å². The lowest BCUT2D eigenvalue weighted by Crippen LogP contribution is -2.45. The Morgan fingerprint density at radius 2 is 1.91 bits per heavy atom. The van der Waals surface area contributed by atoms with Gasteiger partial charge in [0, 0.05) is 30.6 Å². The van der Waals surface area contributed by atoms with Gasteiger partial charge in [-0.3, -0.25) is 0 Å². The van der Waals surface area contributed by atoms with Crippen molar-refractivity contribution in [1.29, 1.82) is 0 Å². The summed E-state index contributed by atoms with van der Waals surface area (Å²) in [5.41, 5.74) is 1.45. The molecule has 33 heavy (non-hydrogen) atoms. The number of piperidine rings is 1. The zero-order valence-electron chi connectivity index (χ0n) is 20.8. The molecule has 5 nitrogen and oxygen atoms in total. The molecule has 1 atom stereocenters. The van der Waals surface area contributed by atoms with Crippen molar-refractivity contribution in [2.24, 2.45) is 0 Å². The molecule has 3 heterocycles. The predicted octanol–water partition coefficient (Wildman–Crippen LogP) is 6.04. The highest BCUT2D eigenvalue weighted by atomic mass is 32.1. The molecule has 3 rings (SSSR count). The van der Waals surface area contributed by atoms with Gasteiger partial charge < -0.3 is 15.3 Å². The molecule has 0 aliphatic carbocycles. The number of anilines is 1. The van der Waals surface area contributed by atoms with Gasteiger partial charge in [0.1, 0.15) is 17.0 Å². The van der Waals surface area contributed by atoms with Crippen LogP contribution in [-0.2, 0) is 12.8 Å². The summed E-state index contributed by atoms with van der Waals surface area (Å²) in [5.74, 6) is 1.12. The quantitative estimate of drug-likeness (QED) is 0.244. The number of nitrogens with one attached hydrogen (secondary N) is 1. The minimum atomic E-state index is -0.221. The molecule has 1 fully saturated rings. The Balaban J connectivity index is 1.60. The molecule has 1 unspecified atom stereocenters. The molecule has 2 N–H and O–H groups in total. The molecule has 6 heteroatoms. The molecule has 0 amide bonds. The molecule has 0 saturated carbocycles. The van der Waals surface area contributed by atoms with Crippen LogP contribution in [0.5, 0.6) is 0 Å². The first kappa shape index (κ1) is 26.1. The largest absolute Gasteiger partial charge is 0.392 e. The second kappa shape index (κ2) is 14.0. The van der Waals surface area contributed by atoms with E-state index in [0.29, 0.717) is 12.6 Å². The zero-order chi connectivity index (χ0) is 23.5. The van der Waals surface area contributed by atoms with E-state index < -0.39 is 0 Å². The average Bonchev–Trinajstić information content (AvgIpc) is 3.18. The van der Waals surface area contributed by atoms with Gasteiger partial charge in [0.15, 0.2) is 0 Å². The molecule has 0 radical (unpaired) electrons. The fraction of sp³-hybridized carbons (Fsp3) is 0.704. The van der Waals surface area contributed by atoms with E-state index in [-0.39, 0.29) is 6.10 Å². The van der Waals surface area contributed by atoms with Gasteiger partial charge >= 0.3 is 0 Å². The predicted molar refractivity (Wildman–Crippen MR) is 143 cm³/mol. The first-order valence-electron chi connectivity index (χ1n) is 13.2. The van der Waals surface area contributed by atoms with Crippen molar-refractivity contribution in [2.45, 2.75) is 103 Å². The van der Waals surface area contributed by atoms with Crippen molar-refractivity contribution >= 4 is 27.4 Å². The lowest BCUT2D eigenvalue weighted by Gasteiger charge is -2.34. The molecular weight excluding hydrogens is 428 g/mol. The Hall–Kier alpha value is -1.50. The Morgan fingerprint density at radius 1 is 1.15 bits per heavy atom. The van der Waals surface area contributed by atoms with Crippen LogP contribution >= 0.6 is 11.3 Å². The Kier molecular flexibility index (Phi) is 11.1. The minimum absolute atomic E-state index is 0.221. The van der Waals surface area contributed by atoms with Gasteiger partial charge in [-0.1, -0.05) is 58.4 Å². The molecule has 1 saturated heterocycles. The highest BCUT2D eigenvalue weighted by Crippen LogP contribution is 2.37. The summed E-state index contributed by atoms with van der Waals surface area (Å²) < 4.78 is 0. The first-order valence-corrected chi connectivity index (χ1v) is 14.0. The van der Waals surface area contributed by atoms with Crippen LogP contribution in [0.3, 0.4) is 0 Å². The van der Waals surface area contributed by atoms with E-state index in [2.05, 4.69) is 35.6 Å². The number of aliphatic hydroxyl groups is 1. The SMILES string of the molecule is C=CCc1sc2ncnc(N3CCC(NCC(O)CCCCCC)CC3)c2c1CCCCC. The highest BCUT2D eigenvalue weighted by molar-refractivity contribution is 7.19. The number of thiophene rings is 1. The fourth-order valence-electron chi connectivity index (χ4n) is 4.88. The number of hydrogen-bond acceptors (Lipinski definition) is 6. The summed E-state index contributed by atoms with van der Waals surface area (Å²) in [4.78, 5) is 14.4. The van der Waals surface area contributed by atoms with Crippen molar-refractivity contribution in [1.82, 2.24) is 15.3 Å². The van der Waals surface area contributed by atoms with Gasteiger partial charge in [0.05, 0.1) is 11.5 Å². The number of aromatic nitrogens is 2. The van der Waals surface area contributed by atoms with Crippen molar-refractivity contribution in [3.63, 3.8) is 0 Å². The third-order valence-electron chi connectivity index (χ3n) is 6.84. The summed E-state index contributed by atoms with van der Waals surface area (Å²) in [6.45, 7) is 11.2. The molecule has 0 spiro atoms. The first-order chi connectivity index (χ1) is 16.2. The maximum atomic E-state index is 10.3. The van der Waals surface area contributed by atoms with Crippen LogP contribution in [0.1, 0.15) is 88.5 Å². The van der Waals surface area contributed by atoms with E-state index in [9.17, 15) is 5.11 Å². The van der Waals surface area contributed by atoms with E-state index in [1.165, 1.54) is 54.4 Å². The topological polar surface area (TPSA) is 61.3 Å².